The molecular formula is C13H17NO2S2. The zero-order valence-electron chi connectivity index (χ0n) is 10.3. The van der Waals surface area contributed by atoms with Crippen LogP contribution in [0.1, 0.15) is 19.8 Å². The summed E-state index contributed by atoms with van der Waals surface area (Å²) < 4.78 is 5.49. The Bertz CT molecular complexity index is 406. The summed E-state index contributed by atoms with van der Waals surface area (Å²) in [6.45, 7) is 3.01. The molecular weight excluding hydrogens is 266 g/mol. The summed E-state index contributed by atoms with van der Waals surface area (Å²) in [5, 5.41) is 3.15. The van der Waals surface area contributed by atoms with Crippen molar-refractivity contribution in [2.24, 2.45) is 0 Å². The van der Waals surface area contributed by atoms with Crippen LogP contribution >= 0.6 is 21.6 Å². The molecule has 1 N–H and O–H groups in total. The van der Waals surface area contributed by atoms with Crippen molar-refractivity contribution in [3.8, 4) is 5.75 Å². The SMILES string of the molecule is CCSSc1ccccc1OC(=O)[C@@H]1CCCN1. The molecule has 5 heteroatoms. The second kappa shape index (κ2) is 7.07. The van der Waals surface area contributed by atoms with E-state index < -0.39 is 0 Å². The van der Waals surface area contributed by atoms with E-state index >= 15 is 0 Å². The van der Waals surface area contributed by atoms with Gasteiger partial charge in [-0.25, -0.2) is 4.79 Å². The largest absolute Gasteiger partial charge is 0.424 e. The van der Waals surface area contributed by atoms with Gasteiger partial charge in [0.1, 0.15) is 11.8 Å². The smallest absolute Gasteiger partial charge is 0.328 e. The van der Waals surface area contributed by atoms with Crippen molar-refractivity contribution in [1.82, 2.24) is 5.32 Å². The maximum Gasteiger partial charge on any atom is 0.328 e. The third-order valence-electron chi connectivity index (χ3n) is 2.67. The summed E-state index contributed by atoms with van der Waals surface area (Å²) in [5.74, 6) is 1.53. The quantitative estimate of drug-likeness (QED) is 0.510. The van der Waals surface area contributed by atoms with Crippen LogP contribution in [-0.4, -0.2) is 24.3 Å². The van der Waals surface area contributed by atoms with E-state index in [1.54, 1.807) is 21.6 Å². The van der Waals surface area contributed by atoms with Gasteiger partial charge >= 0.3 is 5.97 Å². The Morgan fingerprint density at radius 1 is 1.50 bits per heavy atom. The summed E-state index contributed by atoms with van der Waals surface area (Å²) in [6, 6.07) is 7.56. The van der Waals surface area contributed by atoms with Gasteiger partial charge in [-0.1, -0.05) is 40.6 Å². The van der Waals surface area contributed by atoms with Crippen LogP contribution in [0.25, 0.3) is 0 Å². The zero-order valence-corrected chi connectivity index (χ0v) is 12.0. The van der Waals surface area contributed by atoms with Gasteiger partial charge in [0.15, 0.2) is 0 Å². The number of esters is 1. The van der Waals surface area contributed by atoms with Crippen molar-refractivity contribution in [3.63, 3.8) is 0 Å². The van der Waals surface area contributed by atoms with Gasteiger partial charge in [-0.15, -0.1) is 0 Å². The number of para-hydroxylation sites is 1. The summed E-state index contributed by atoms with van der Waals surface area (Å²) in [7, 11) is 3.40. The van der Waals surface area contributed by atoms with Gasteiger partial charge in [0, 0.05) is 5.75 Å². The van der Waals surface area contributed by atoms with Gasteiger partial charge < -0.3 is 10.1 Å². The van der Waals surface area contributed by atoms with E-state index in [1.165, 1.54) is 0 Å². The van der Waals surface area contributed by atoms with Crippen LogP contribution in [0, 0.1) is 0 Å². The van der Waals surface area contributed by atoms with Gasteiger partial charge in [-0.3, -0.25) is 0 Å². The van der Waals surface area contributed by atoms with Gasteiger partial charge in [0.05, 0.1) is 4.90 Å². The molecule has 1 aliphatic rings. The maximum absolute atomic E-state index is 11.9. The van der Waals surface area contributed by atoms with E-state index in [-0.39, 0.29) is 12.0 Å². The molecule has 0 unspecified atom stereocenters. The predicted octanol–water partition coefficient (Wildman–Crippen LogP) is 3.10. The molecule has 0 saturated carbocycles. The third kappa shape index (κ3) is 3.67. The molecule has 3 nitrogen and oxygen atoms in total. The summed E-state index contributed by atoms with van der Waals surface area (Å²) in [5.41, 5.74) is 0. The van der Waals surface area contributed by atoms with Crippen molar-refractivity contribution in [1.29, 1.82) is 0 Å². The first-order valence-corrected chi connectivity index (χ1v) is 8.46. The van der Waals surface area contributed by atoms with Gasteiger partial charge in [-0.05, 0) is 31.5 Å². The average Bonchev–Trinajstić information content (AvgIpc) is 2.91. The lowest BCUT2D eigenvalue weighted by molar-refractivity contribution is -0.136. The number of carbonyl (C=O) groups is 1. The van der Waals surface area contributed by atoms with Gasteiger partial charge in [0.25, 0.3) is 0 Å². The first-order valence-electron chi connectivity index (χ1n) is 6.15. The Morgan fingerprint density at radius 3 is 3.06 bits per heavy atom. The van der Waals surface area contributed by atoms with Crippen molar-refractivity contribution >= 4 is 27.6 Å². The predicted molar refractivity (Wildman–Crippen MR) is 77.1 cm³/mol. The summed E-state index contributed by atoms with van der Waals surface area (Å²) in [4.78, 5) is 12.9. The topological polar surface area (TPSA) is 38.3 Å². The lowest BCUT2D eigenvalue weighted by atomic mass is 10.2. The number of nitrogens with one attached hydrogen (secondary N) is 1. The second-order valence-corrected chi connectivity index (χ2v) is 6.63. The average molecular weight is 283 g/mol. The molecule has 0 radical (unpaired) electrons. The van der Waals surface area contributed by atoms with Crippen LogP contribution in [-0.2, 0) is 4.79 Å². The molecule has 2 rings (SSSR count). The van der Waals surface area contributed by atoms with E-state index in [2.05, 4.69) is 12.2 Å². The van der Waals surface area contributed by atoms with Crippen LogP contribution in [0.4, 0.5) is 0 Å². The molecule has 1 fully saturated rings. The Morgan fingerprint density at radius 2 is 2.33 bits per heavy atom. The first-order chi connectivity index (χ1) is 8.81. The molecule has 1 atom stereocenters. The monoisotopic (exact) mass is 283 g/mol. The summed E-state index contributed by atoms with van der Waals surface area (Å²) in [6.07, 6.45) is 1.92. The molecule has 0 aliphatic carbocycles. The number of ether oxygens (including phenoxy) is 1. The van der Waals surface area contributed by atoms with E-state index in [9.17, 15) is 4.79 Å². The zero-order chi connectivity index (χ0) is 12.8. The highest BCUT2D eigenvalue weighted by Crippen LogP contribution is 2.37. The number of rotatable bonds is 5. The fourth-order valence-electron chi connectivity index (χ4n) is 1.79. The normalized spacial score (nSPS) is 18.8. The third-order valence-corrected chi connectivity index (χ3v) is 5.14. The molecule has 0 bridgehead atoms. The maximum atomic E-state index is 11.9. The highest BCUT2D eigenvalue weighted by Gasteiger charge is 2.24. The van der Waals surface area contributed by atoms with Crippen molar-refractivity contribution < 1.29 is 9.53 Å². The Hall–Kier alpha value is -0.650. The Kier molecular flexibility index (Phi) is 5.41. The molecule has 1 saturated heterocycles. The number of carbonyl (C=O) groups excluding carboxylic acids is 1. The molecule has 1 aliphatic heterocycles. The fraction of sp³-hybridized carbons (Fsp3) is 0.462. The van der Waals surface area contributed by atoms with Crippen molar-refractivity contribution in [3.05, 3.63) is 24.3 Å². The first kappa shape index (κ1) is 13.8. The van der Waals surface area contributed by atoms with Crippen LogP contribution < -0.4 is 10.1 Å². The van der Waals surface area contributed by atoms with Crippen LogP contribution in [0.3, 0.4) is 0 Å². The molecule has 0 spiro atoms. The molecule has 0 amide bonds. The number of hydrogen-bond donors (Lipinski definition) is 1. The van der Waals surface area contributed by atoms with Crippen molar-refractivity contribution in [2.75, 3.05) is 12.3 Å². The van der Waals surface area contributed by atoms with Crippen LogP contribution in [0.5, 0.6) is 5.75 Å². The number of hydrogen-bond acceptors (Lipinski definition) is 5. The molecule has 98 valence electrons. The van der Waals surface area contributed by atoms with E-state index in [4.69, 9.17) is 4.74 Å². The van der Waals surface area contributed by atoms with E-state index in [0.717, 1.165) is 30.0 Å². The highest BCUT2D eigenvalue weighted by molar-refractivity contribution is 8.76. The molecule has 1 heterocycles. The minimum atomic E-state index is -0.165. The second-order valence-electron chi connectivity index (χ2n) is 4.01. The molecule has 1 aromatic carbocycles. The Labute approximate surface area is 115 Å². The minimum absolute atomic E-state index is 0.137. The van der Waals surface area contributed by atoms with Crippen LogP contribution in [0.2, 0.25) is 0 Å². The summed E-state index contributed by atoms with van der Waals surface area (Å²) >= 11 is 0. The fourth-order valence-corrected chi connectivity index (χ4v) is 3.51. The van der Waals surface area contributed by atoms with Gasteiger partial charge in [0.2, 0.25) is 0 Å². The molecule has 1 aromatic rings. The van der Waals surface area contributed by atoms with Gasteiger partial charge in [-0.2, -0.15) is 0 Å². The standard InChI is InChI=1S/C13H17NO2S2/c1-2-17-18-12-8-4-3-7-11(12)16-13(15)10-6-5-9-14-10/h3-4,7-8,10,14H,2,5-6,9H2,1H3/t10-/m0/s1. The number of benzene rings is 1. The van der Waals surface area contributed by atoms with Crippen LogP contribution in [0.15, 0.2) is 29.2 Å². The Balaban J connectivity index is 2.00. The van der Waals surface area contributed by atoms with E-state index in [0.29, 0.717) is 5.75 Å². The van der Waals surface area contributed by atoms with E-state index in [1.807, 2.05) is 24.3 Å². The highest BCUT2D eigenvalue weighted by atomic mass is 33.1. The molecule has 18 heavy (non-hydrogen) atoms. The minimum Gasteiger partial charge on any atom is -0.424 e. The molecule has 0 aromatic heterocycles. The van der Waals surface area contributed by atoms with Crippen molar-refractivity contribution in [2.45, 2.75) is 30.7 Å². The lowest BCUT2D eigenvalue weighted by Crippen LogP contribution is -2.34. The lowest BCUT2D eigenvalue weighted by Gasteiger charge is -2.12.